The maximum absolute atomic E-state index is 13.4. The summed E-state index contributed by atoms with van der Waals surface area (Å²) in [5.74, 6) is -1.53. The van der Waals surface area contributed by atoms with Crippen LogP contribution in [0.15, 0.2) is 66.7 Å². The van der Waals surface area contributed by atoms with E-state index in [-0.39, 0.29) is 23.8 Å². The van der Waals surface area contributed by atoms with Gasteiger partial charge < -0.3 is 20.3 Å². The van der Waals surface area contributed by atoms with Crippen molar-refractivity contribution in [3.05, 3.63) is 72.3 Å². The van der Waals surface area contributed by atoms with Crippen LogP contribution in [0, 0.1) is 11.8 Å². The molecular weight excluding hydrogens is 394 g/mol. The highest BCUT2D eigenvalue weighted by molar-refractivity contribution is 6.03. The molecule has 2 fully saturated rings. The van der Waals surface area contributed by atoms with E-state index in [2.05, 4.69) is 10.6 Å². The summed E-state index contributed by atoms with van der Waals surface area (Å²) in [6.45, 7) is 2.22. The fraction of sp³-hybridized carbons (Fsp3) is 0.292. The minimum atomic E-state index is -0.771. The van der Waals surface area contributed by atoms with Gasteiger partial charge in [-0.1, -0.05) is 42.5 Å². The van der Waals surface area contributed by atoms with E-state index < -0.39 is 17.4 Å². The van der Waals surface area contributed by atoms with E-state index in [9.17, 15) is 14.4 Å². The largest absolute Gasteiger partial charge is 0.360 e. The summed E-state index contributed by atoms with van der Waals surface area (Å²) in [7, 11) is 0. The molecule has 3 heterocycles. The Balaban J connectivity index is 1.34. The zero-order chi connectivity index (χ0) is 21.6. The van der Waals surface area contributed by atoms with Crippen LogP contribution in [-0.2, 0) is 25.7 Å². The quantitative estimate of drug-likeness (QED) is 0.731. The lowest BCUT2D eigenvalue weighted by Gasteiger charge is -2.23. The molecule has 2 aromatic carbocycles. The van der Waals surface area contributed by atoms with Crippen molar-refractivity contribution in [3.63, 3.8) is 0 Å². The predicted molar refractivity (Wildman–Crippen MR) is 115 cm³/mol. The van der Waals surface area contributed by atoms with Crippen molar-refractivity contribution in [1.29, 1.82) is 0 Å². The average Bonchev–Trinajstić information content (AvgIpc) is 3.41. The number of carbonyl (C=O) groups is 3. The fourth-order valence-corrected chi connectivity index (χ4v) is 4.85. The van der Waals surface area contributed by atoms with Crippen molar-refractivity contribution in [1.82, 2.24) is 5.32 Å². The van der Waals surface area contributed by atoms with Gasteiger partial charge in [-0.15, -0.1) is 0 Å². The molecule has 3 aliphatic heterocycles. The number of nitrogens with zero attached hydrogens (tertiary/aromatic N) is 1. The van der Waals surface area contributed by atoms with E-state index in [1.807, 2.05) is 42.5 Å². The van der Waals surface area contributed by atoms with Crippen molar-refractivity contribution in [3.8, 4) is 0 Å². The highest BCUT2D eigenvalue weighted by Crippen LogP contribution is 2.52. The number of hydrogen-bond acceptors (Lipinski definition) is 4. The zero-order valence-electron chi connectivity index (χ0n) is 17.1. The first-order chi connectivity index (χ1) is 15.0. The number of hydrogen-bond donors (Lipinski definition) is 2. The Bertz CT molecular complexity index is 1070. The summed E-state index contributed by atoms with van der Waals surface area (Å²) < 4.78 is 6.18. The Hall–Kier alpha value is -3.45. The van der Waals surface area contributed by atoms with E-state index in [0.29, 0.717) is 24.5 Å². The average molecular weight is 417 g/mol. The third-order valence-corrected chi connectivity index (χ3v) is 6.21. The summed E-state index contributed by atoms with van der Waals surface area (Å²) in [6.07, 6.45) is 3.46. The Labute approximate surface area is 180 Å². The minimum absolute atomic E-state index is 0.112. The predicted octanol–water partition coefficient (Wildman–Crippen LogP) is 2.25. The number of fused-ring (bicyclic) bond motifs is 1. The van der Waals surface area contributed by atoms with Crippen LogP contribution in [0.25, 0.3) is 0 Å². The molecule has 0 saturated carbocycles. The Morgan fingerprint density at radius 2 is 1.87 bits per heavy atom. The summed E-state index contributed by atoms with van der Waals surface area (Å²) in [5, 5.41) is 5.69. The lowest BCUT2D eigenvalue weighted by Crippen LogP contribution is -2.43. The first-order valence-electron chi connectivity index (χ1n) is 10.3. The normalized spacial score (nSPS) is 28.0. The van der Waals surface area contributed by atoms with Crippen LogP contribution in [0.1, 0.15) is 12.5 Å². The van der Waals surface area contributed by atoms with Crippen LogP contribution in [0.4, 0.5) is 11.4 Å². The van der Waals surface area contributed by atoms with Crippen molar-refractivity contribution in [2.75, 3.05) is 16.8 Å². The number of ether oxygens (including phenoxy) is 1. The molecule has 1 spiro atoms. The molecule has 3 unspecified atom stereocenters. The highest BCUT2D eigenvalue weighted by Gasteiger charge is 2.67. The van der Waals surface area contributed by atoms with Gasteiger partial charge in [0, 0.05) is 24.8 Å². The lowest BCUT2D eigenvalue weighted by atomic mass is 9.77. The molecule has 3 aliphatic rings. The van der Waals surface area contributed by atoms with Crippen LogP contribution in [0.3, 0.4) is 0 Å². The summed E-state index contributed by atoms with van der Waals surface area (Å²) in [6, 6.07) is 16.8. The molecule has 2 aromatic rings. The number of nitrogens with one attached hydrogen (secondary N) is 2. The first kappa shape index (κ1) is 19.5. The maximum Gasteiger partial charge on any atom is 0.234 e. The van der Waals surface area contributed by atoms with Gasteiger partial charge in [0.25, 0.3) is 0 Å². The Morgan fingerprint density at radius 1 is 1.13 bits per heavy atom. The van der Waals surface area contributed by atoms with Crippen LogP contribution >= 0.6 is 0 Å². The fourth-order valence-electron chi connectivity index (χ4n) is 4.85. The number of carbonyl (C=O) groups excluding carboxylic acids is 3. The molecule has 2 saturated heterocycles. The number of anilines is 2. The SMILES string of the molecule is CC(=O)Nc1ccc(N2CC34C=C[C@@H](O3)C(C(=O)NCc3ccccc3)C4C2=O)cc1. The molecular formula is C24H23N3O4. The molecule has 5 rings (SSSR count). The van der Waals surface area contributed by atoms with Crippen molar-refractivity contribution >= 4 is 29.1 Å². The summed E-state index contributed by atoms with van der Waals surface area (Å²) in [4.78, 5) is 39.3. The monoisotopic (exact) mass is 417 g/mol. The number of rotatable bonds is 5. The third-order valence-electron chi connectivity index (χ3n) is 6.21. The number of benzene rings is 2. The number of amides is 3. The second kappa shape index (κ2) is 7.35. The lowest BCUT2D eigenvalue weighted by molar-refractivity contribution is -0.132. The van der Waals surface area contributed by atoms with E-state index in [0.717, 1.165) is 5.56 Å². The van der Waals surface area contributed by atoms with Crippen molar-refractivity contribution in [2.24, 2.45) is 11.8 Å². The Morgan fingerprint density at radius 3 is 2.58 bits per heavy atom. The topological polar surface area (TPSA) is 87.7 Å². The van der Waals surface area contributed by atoms with E-state index in [4.69, 9.17) is 4.74 Å². The molecule has 0 radical (unpaired) electrons. The van der Waals surface area contributed by atoms with Crippen molar-refractivity contribution < 1.29 is 19.1 Å². The van der Waals surface area contributed by atoms with Gasteiger partial charge in [-0.25, -0.2) is 0 Å². The van der Waals surface area contributed by atoms with Gasteiger partial charge in [0.15, 0.2) is 0 Å². The molecule has 2 N–H and O–H groups in total. The summed E-state index contributed by atoms with van der Waals surface area (Å²) in [5.41, 5.74) is 1.61. The maximum atomic E-state index is 13.4. The van der Waals surface area contributed by atoms with Gasteiger partial charge in [0.1, 0.15) is 5.60 Å². The van der Waals surface area contributed by atoms with Gasteiger partial charge in [-0.05, 0) is 29.8 Å². The van der Waals surface area contributed by atoms with Crippen LogP contribution in [0.2, 0.25) is 0 Å². The molecule has 3 amide bonds. The van der Waals surface area contributed by atoms with Crippen molar-refractivity contribution in [2.45, 2.75) is 25.2 Å². The molecule has 7 nitrogen and oxygen atoms in total. The standard InChI is InChI=1S/C24H23N3O4/c1-15(28)26-17-7-9-18(10-8-17)27-14-24-12-11-19(31-24)20(21(24)23(27)30)22(29)25-13-16-5-3-2-4-6-16/h2-12,19-21H,13-14H2,1H3,(H,25,29)(H,26,28)/t19-,20?,21?,24?/m1/s1. The second-order valence-electron chi connectivity index (χ2n) is 8.26. The van der Waals surface area contributed by atoms with Gasteiger partial charge in [0.05, 0.1) is 24.5 Å². The molecule has 0 aliphatic carbocycles. The van der Waals surface area contributed by atoms with E-state index in [1.54, 1.807) is 29.2 Å². The zero-order valence-corrected chi connectivity index (χ0v) is 17.1. The molecule has 4 atom stereocenters. The van der Waals surface area contributed by atoms with Crippen LogP contribution in [-0.4, -0.2) is 36.0 Å². The molecule has 158 valence electrons. The van der Waals surface area contributed by atoms with E-state index in [1.165, 1.54) is 6.92 Å². The van der Waals surface area contributed by atoms with E-state index >= 15 is 0 Å². The van der Waals surface area contributed by atoms with Gasteiger partial charge >= 0.3 is 0 Å². The van der Waals surface area contributed by atoms with Gasteiger partial charge in [0.2, 0.25) is 17.7 Å². The smallest absolute Gasteiger partial charge is 0.234 e. The third kappa shape index (κ3) is 3.31. The molecule has 2 bridgehead atoms. The first-order valence-corrected chi connectivity index (χ1v) is 10.3. The molecule has 31 heavy (non-hydrogen) atoms. The van der Waals surface area contributed by atoms with Gasteiger partial charge in [-0.2, -0.15) is 0 Å². The molecule has 0 aromatic heterocycles. The molecule has 7 heteroatoms. The van der Waals surface area contributed by atoms with Gasteiger partial charge in [-0.3, -0.25) is 14.4 Å². The highest BCUT2D eigenvalue weighted by atomic mass is 16.5. The second-order valence-corrected chi connectivity index (χ2v) is 8.26. The minimum Gasteiger partial charge on any atom is -0.360 e. The van der Waals surface area contributed by atoms with Crippen LogP contribution in [0.5, 0.6) is 0 Å². The summed E-state index contributed by atoms with van der Waals surface area (Å²) >= 11 is 0. The van der Waals surface area contributed by atoms with Crippen LogP contribution < -0.4 is 15.5 Å². The Kier molecular flexibility index (Phi) is 4.63.